The first-order chi connectivity index (χ1) is 10.9. The van der Waals surface area contributed by atoms with Crippen molar-refractivity contribution in [2.24, 2.45) is 0 Å². The summed E-state index contributed by atoms with van der Waals surface area (Å²) < 4.78 is 38.0. The highest BCUT2D eigenvalue weighted by atomic mass is 32.2. The van der Waals surface area contributed by atoms with Gasteiger partial charge in [-0.15, -0.1) is 0 Å². The second kappa shape index (κ2) is 7.65. The Kier molecular flexibility index (Phi) is 5.84. The number of unbranched alkanes of at least 4 members (excludes halogenated alkanes) is 1. The number of carboxylic acid groups (broad SMARTS) is 1. The molecule has 0 aromatic heterocycles. The molecule has 0 bridgehead atoms. The van der Waals surface area contributed by atoms with Gasteiger partial charge in [-0.1, -0.05) is 19.8 Å². The van der Waals surface area contributed by atoms with Crippen LogP contribution in [0.4, 0.5) is 0 Å². The van der Waals surface area contributed by atoms with Crippen molar-refractivity contribution in [2.45, 2.75) is 43.5 Å². The van der Waals surface area contributed by atoms with Crippen molar-refractivity contribution >= 4 is 16.0 Å². The Balaban J connectivity index is 2.21. The van der Waals surface area contributed by atoms with Crippen LogP contribution in [0, 0.1) is 0 Å². The maximum absolute atomic E-state index is 12.4. The highest BCUT2D eigenvalue weighted by Gasteiger charge is 2.26. The number of ether oxygens (including phenoxy) is 2. The molecule has 1 aliphatic rings. The van der Waals surface area contributed by atoms with E-state index in [9.17, 15) is 13.2 Å². The van der Waals surface area contributed by atoms with Crippen LogP contribution in [0.2, 0.25) is 0 Å². The summed E-state index contributed by atoms with van der Waals surface area (Å²) in [5.41, 5.74) is 0. The van der Waals surface area contributed by atoms with E-state index < -0.39 is 22.0 Å². The van der Waals surface area contributed by atoms with Gasteiger partial charge in [-0.2, -0.15) is 4.72 Å². The summed E-state index contributed by atoms with van der Waals surface area (Å²) in [5, 5.41) is 9.17. The van der Waals surface area contributed by atoms with Crippen molar-refractivity contribution in [3.63, 3.8) is 0 Å². The third kappa shape index (κ3) is 4.59. The highest BCUT2D eigenvalue weighted by Crippen LogP contribution is 2.31. The number of fused-ring (bicyclic) bond motifs is 1. The molecular formula is C15H21NO6S. The van der Waals surface area contributed by atoms with Crippen LogP contribution in [0.15, 0.2) is 23.1 Å². The number of carboxylic acids is 1. The van der Waals surface area contributed by atoms with E-state index >= 15 is 0 Å². The number of carbonyl (C=O) groups is 1. The molecule has 0 radical (unpaired) electrons. The standard InChI is InChI=1S/C15H21NO6S/c1-2-3-5-12(15(17)18)16-23(19,20)11-6-7-13-14(10-11)22-9-4-8-21-13/h6-7,10,12,16H,2-5,8-9H2,1H3,(H,17,18). The van der Waals surface area contributed by atoms with E-state index in [0.717, 1.165) is 6.42 Å². The fourth-order valence-corrected chi connectivity index (χ4v) is 3.45. The Morgan fingerprint density at radius 1 is 1.30 bits per heavy atom. The number of aliphatic carboxylic acids is 1. The number of hydrogen-bond donors (Lipinski definition) is 2. The fraction of sp³-hybridized carbons (Fsp3) is 0.533. The molecule has 0 saturated carbocycles. The second-order valence-electron chi connectivity index (χ2n) is 5.31. The van der Waals surface area contributed by atoms with Crippen LogP contribution in [0.5, 0.6) is 11.5 Å². The molecular weight excluding hydrogens is 322 g/mol. The first kappa shape index (κ1) is 17.6. The number of nitrogens with one attached hydrogen (secondary N) is 1. The van der Waals surface area contributed by atoms with E-state index in [1.54, 1.807) is 0 Å². The first-order valence-corrected chi connectivity index (χ1v) is 9.07. The van der Waals surface area contributed by atoms with E-state index in [1.807, 2.05) is 6.92 Å². The summed E-state index contributed by atoms with van der Waals surface area (Å²) in [6.07, 6.45) is 2.37. The SMILES string of the molecule is CCCCC(NS(=O)(=O)c1ccc2c(c1)OCCCO2)C(=O)O. The normalized spacial score (nSPS) is 15.7. The Morgan fingerprint density at radius 3 is 2.65 bits per heavy atom. The summed E-state index contributed by atoms with van der Waals surface area (Å²) in [4.78, 5) is 11.2. The lowest BCUT2D eigenvalue weighted by Gasteiger charge is -2.15. The fourth-order valence-electron chi connectivity index (χ4n) is 2.21. The zero-order valence-corrected chi connectivity index (χ0v) is 13.8. The topological polar surface area (TPSA) is 102 Å². The number of hydrogen-bond acceptors (Lipinski definition) is 5. The molecule has 8 heteroatoms. The zero-order valence-electron chi connectivity index (χ0n) is 12.9. The minimum absolute atomic E-state index is 0.0375. The third-order valence-electron chi connectivity index (χ3n) is 3.47. The molecule has 0 amide bonds. The van der Waals surface area contributed by atoms with Crippen molar-refractivity contribution < 1.29 is 27.8 Å². The molecule has 0 spiro atoms. The molecule has 1 heterocycles. The molecule has 2 N–H and O–H groups in total. The molecule has 1 unspecified atom stereocenters. The van der Waals surface area contributed by atoms with E-state index in [0.29, 0.717) is 37.6 Å². The molecule has 2 rings (SSSR count). The predicted octanol–water partition coefficient (Wildman–Crippen LogP) is 1.77. The quantitative estimate of drug-likeness (QED) is 0.782. The Morgan fingerprint density at radius 2 is 2.00 bits per heavy atom. The molecule has 1 aromatic carbocycles. The summed E-state index contributed by atoms with van der Waals surface area (Å²) in [5.74, 6) is -0.343. The average Bonchev–Trinajstić information content (AvgIpc) is 2.75. The lowest BCUT2D eigenvalue weighted by Crippen LogP contribution is -2.40. The summed E-state index contributed by atoms with van der Waals surface area (Å²) in [6, 6.07) is 3.13. The Hall–Kier alpha value is -1.80. The van der Waals surface area contributed by atoms with E-state index in [1.165, 1.54) is 18.2 Å². The lowest BCUT2D eigenvalue weighted by molar-refractivity contribution is -0.139. The lowest BCUT2D eigenvalue weighted by atomic mass is 10.1. The summed E-state index contributed by atoms with van der Waals surface area (Å²) >= 11 is 0. The van der Waals surface area contributed by atoms with Crippen molar-refractivity contribution in [3.05, 3.63) is 18.2 Å². The van der Waals surface area contributed by atoms with E-state index in [4.69, 9.17) is 14.6 Å². The van der Waals surface area contributed by atoms with Gasteiger partial charge in [-0.25, -0.2) is 8.42 Å². The minimum atomic E-state index is -3.95. The van der Waals surface area contributed by atoms with Gasteiger partial charge in [0.2, 0.25) is 10.0 Å². The van der Waals surface area contributed by atoms with E-state index in [2.05, 4.69) is 4.72 Å². The van der Waals surface area contributed by atoms with Gasteiger partial charge in [-0.05, 0) is 18.6 Å². The predicted molar refractivity (Wildman–Crippen MR) is 83.3 cm³/mol. The molecule has 1 aromatic rings. The Labute approximate surface area is 135 Å². The van der Waals surface area contributed by atoms with Crippen LogP contribution in [-0.2, 0) is 14.8 Å². The maximum Gasteiger partial charge on any atom is 0.321 e. The molecule has 0 aliphatic carbocycles. The van der Waals surface area contributed by atoms with Gasteiger partial charge in [-0.3, -0.25) is 4.79 Å². The molecule has 1 aliphatic heterocycles. The molecule has 128 valence electrons. The number of rotatable bonds is 7. The van der Waals surface area contributed by atoms with Crippen LogP contribution in [0.1, 0.15) is 32.6 Å². The van der Waals surface area contributed by atoms with Crippen LogP contribution in [0.3, 0.4) is 0 Å². The molecule has 7 nitrogen and oxygen atoms in total. The molecule has 0 saturated heterocycles. The third-order valence-corrected chi connectivity index (χ3v) is 4.94. The monoisotopic (exact) mass is 343 g/mol. The highest BCUT2D eigenvalue weighted by molar-refractivity contribution is 7.89. The molecule has 23 heavy (non-hydrogen) atoms. The Bertz CT molecular complexity index is 658. The van der Waals surface area contributed by atoms with Crippen LogP contribution < -0.4 is 14.2 Å². The van der Waals surface area contributed by atoms with Crippen molar-refractivity contribution in [1.29, 1.82) is 0 Å². The van der Waals surface area contributed by atoms with Crippen LogP contribution in [0.25, 0.3) is 0 Å². The number of sulfonamides is 1. The van der Waals surface area contributed by atoms with Gasteiger partial charge in [0.1, 0.15) is 6.04 Å². The largest absolute Gasteiger partial charge is 0.490 e. The first-order valence-electron chi connectivity index (χ1n) is 7.59. The van der Waals surface area contributed by atoms with Gasteiger partial charge < -0.3 is 14.6 Å². The maximum atomic E-state index is 12.4. The number of benzene rings is 1. The van der Waals surface area contributed by atoms with Gasteiger partial charge in [0.05, 0.1) is 18.1 Å². The van der Waals surface area contributed by atoms with Crippen molar-refractivity contribution in [1.82, 2.24) is 4.72 Å². The smallest absolute Gasteiger partial charge is 0.321 e. The molecule has 0 fully saturated rings. The second-order valence-corrected chi connectivity index (χ2v) is 7.03. The summed E-state index contributed by atoms with van der Waals surface area (Å²) in [6.45, 7) is 2.87. The van der Waals surface area contributed by atoms with E-state index in [-0.39, 0.29) is 11.3 Å². The van der Waals surface area contributed by atoms with Gasteiger partial charge >= 0.3 is 5.97 Å². The van der Waals surface area contributed by atoms with Crippen molar-refractivity contribution in [2.75, 3.05) is 13.2 Å². The average molecular weight is 343 g/mol. The zero-order chi connectivity index (χ0) is 16.9. The van der Waals surface area contributed by atoms with Gasteiger partial charge in [0.15, 0.2) is 11.5 Å². The molecule has 1 atom stereocenters. The summed E-state index contributed by atoms with van der Waals surface area (Å²) in [7, 11) is -3.95. The van der Waals surface area contributed by atoms with Crippen molar-refractivity contribution in [3.8, 4) is 11.5 Å². The van der Waals surface area contributed by atoms with Gasteiger partial charge in [0.25, 0.3) is 0 Å². The van der Waals surface area contributed by atoms with Crippen LogP contribution in [-0.4, -0.2) is 38.7 Å². The minimum Gasteiger partial charge on any atom is -0.490 e. The van der Waals surface area contributed by atoms with Gasteiger partial charge in [0, 0.05) is 12.5 Å². The van der Waals surface area contributed by atoms with Crippen LogP contribution >= 0.6 is 0 Å².